The predicted molar refractivity (Wildman–Crippen MR) is 96.6 cm³/mol. The van der Waals surface area contributed by atoms with Crippen LogP contribution in [0.15, 0.2) is 10.6 Å². The summed E-state index contributed by atoms with van der Waals surface area (Å²) in [7, 11) is 0. The van der Waals surface area contributed by atoms with Crippen molar-refractivity contribution in [3.63, 3.8) is 0 Å². The van der Waals surface area contributed by atoms with Crippen molar-refractivity contribution in [3.8, 4) is 0 Å². The van der Waals surface area contributed by atoms with Crippen molar-refractivity contribution in [2.24, 2.45) is 0 Å². The number of hydrogen-bond donors (Lipinski definition) is 2. The van der Waals surface area contributed by atoms with E-state index in [2.05, 4.69) is 20.8 Å². The zero-order chi connectivity index (χ0) is 17.7. The largest absolute Gasteiger partial charge is 0.360 e. The Morgan fingerprint density at radius 1 is 1.38 bits per heavy atom. The van der Waals surface area contributed by atoms with E-state index >= 15 is 0 Å². The lowest BCUT2D eigenvalue weighted by Gasteiger charge is -2.09. The van der Waals surface area contributed by atoms with Gasteiger partial charge in [0, 0.05) is 10.9 Å². The average Bonchev–Trinajstić information content (AvgIpc) is 3.09. The fraction of sp³-hybridized carbons (Fsp3) is 0.467. The molecule has 0 fully saturated rings. The Balaban J connectivity index is 1.78. The van der Waals surface area contributed by atoms with E-state index < -0.39 is 5.25 Å². The number of carbonyl (C=O) groups excluding carboxylic acids is 2. The van der Waals surface area contributed by atoms with Crippen LogP contribution in [0.5, 0.6) is 0 Å². The highest BCUT2D eigenvalue weighted by Gasteiger charge is 2.17. The van der Waals surface area contributed by atoms with Crippen molar-refractivity contribution in [2.45, 2.75) is 39.4 Å². The van der Waals surface area contributed by atoms with Crippen molar-refractivity contribution in [2.75, 3.05) is 16.4 Å². The minimum Gasteiger partial charge on any atom is -0.360 e. The lowest BCUT2D eigenvalue weighted by Crippen LogP contribution is -2.25. The van der Waals surface area contributed by atoms with Crippen molar-refractivity contribution >= 4 is 45.9 Å². The monoisotopic (exact) mass is 368 g/mol. The Kier molecular flexibility index (Phi) is 6.38. The Morgan fingerprint density at radius 2 is 2.12 bits per heavy atom. The maximum atomic E-state index is 12.0. The summed E-state index contributed by atoms with van der Waals surface area (Å²) in [5.74, 6) is 0.773. The smallest absolute Gasteiger partial charge is 0.238 e. The maximum Gasteiger partial charge on any atom is 0.238 e. The molecule has 2 rings (SSSR count). The van der Waals surface area contributed by atoms with E-state index in [0.717, 1.165) is 17.0 Å². The van der Waals surface area contributed by atoms with Crippen LogP contribution in [0.4, 0.5) is 10.9 Å². The molecule has 0 aliphatic carbocycles. The molecule has 2 N–H and O–H groups in total. The summed E-state index contributed by atoms with van der Waals surface area (Å²) in [5.41, 5.74) is 0.999. The Bertz CT molecular complexity index is 726. The normalized spacial score (nSPS) is 12.0. The highest BCUT2D eigenvalue weighted by molar-refractivity contribution is 8.01. The molecular formula is C15H20N4O3S2. The van der Waals surface area contributed by atoms with E-state index in [-0.39, 0.29) is 17.6 Å². The summed E-state index contributed by atoms with van der Waals surface area (Å²) in [4.78, 5) is 29.5. The molecule has 0 radical (unpaired) electrons. The van der Waals surface area contributed by atoms with E-state index in [4.69, 9.17) is 4.52 Å². The summed E-state index contributed by atoms with van der Waals surface area (Å²) >= 11 is 2.71. The molecule has 0 aliphatic rings. The number of anilines is 2. The molecule has 0 saturated carbocycles. The lowest BCUT2D eigenvalue weighted by molar-refractivity contribution is -0.115. The summed E-state index contributed by atoms with van der Waals surface area (Å²) in [5, 5.41) is 9.34. The van der Waals surface area contributed by atoms with Gasteiger partial charge in [-0.2, -0.15) is 0 Å². The first-order valence-electron chi connectivity index (χ1n) is 7.51. The second-order valence-electron chi connectivity index (χ2n) is 5.19. The molecule has 7 nitrogen and oxygen atoms in total. The van der Waals surface area contributed by atoms with E-state index in [9.17, 15) is 9.59 Å². The minimum atomic E-state index is -0.392. The van der Waals surface area contributed by atoms with Crippen LogP contribution in [-0.2, 0) is 16.0 Å². The molecule has 130 valence electrons. The molecule has 0 bridgehead atoms. The average molecular weight is 368 g/mol. The number of carbonyl (C=O) groups is 2. The van der Waals surface area contributed by atoms with Crippen LogP contribution in [0.1, 0.15) is 30.2 Å². The molecule has 2 aromatic rings. The van der Waals surface area contributed by atoms with Crippen LogP contribution in [-0.4, -0.2) is 33.0 Å². The maximum absolute atomic E-state index is 12.0. The third-order valence-electron chi connectivity index (χ3n) is 3.19. The number of thioether (sulfide) groups is 1. The molecule has 2 amide bonds. The summed E-state index contributed by atoms with van der Waals surface area (Å²) < 4.78 is 4.89. The number of amides is 2. The Hall–Kier alpha value is -1.87. The van der Waals surface area contributed by atoms with E-state index in [0.29, 0.717) is 16.7 Å². The number of hydrogen-bond acceptors (Lipinski definition) is 7. The van der Waals surface area contributed by atoms with E-state index in [1.54, 1.807) is 19.9 Å². The number of nitrogens with one attached hydrogen (secondary N) is 2. The molecule has 0 aromatic carbocycles. The van der Waals surface area contributed by atoms with Crippen LogP contribution < -0.4 is 10.6 Å². The van der Waals surface area contributed by atoms with Crippen molar-refractivity contribution in [1.29, 1.82) is 0 Å². The number of aromatic nitrogens is 2. The van der Waals surface area contributed by atoms with Gasteiger partial charge in [-0.1, -0.05) is 12.1 Å². The van der Waals surface area contributed by atoms with Crippen molar-refractivity contribution in [1.82, 2.24) is 10.1 Å². The Labute approximate surface area is 148 Å². The molecule has 9 heteroatoms. The van der Waals surface area contributed by atoms with Gasteiger partial charge >= 0.3 is 0 Å². The quantitative estimate of drug-likeness (QED) is 0.780. The minimum absolute atomic E-state index is 0.173. The first kappa shape index (κ1) is 18.5. The van der Waals surface area contributed by atoms with Crippen LogP contribution in [0, 0.1) is 13.8 Å². The van der Waals surface area contributed by atoms with Gasteiger partial charge < -0.3 is 15.2 Å². The summed E-state index contributed by atoms with van der Waals surface area (Å²) in [6, 6.07) is 1.64. The SMILES string of the molecule is CCc1nc(NC(=O)CSC(C)C(=O)Nc2cc(C)on2)sc1C. The first-order valence-corrected chi connectivity index (χ1v) is 9.37. The highest BCUT2D eigenvalue weighted by atomic mass is 32.2. The van der Waals surface area contributed by atoms with Gasteiger partial charge in [0.25, 0.3) is 0 Å². The molecular weight excluding hydrogens is 348 g/mol. The van der Waals surface area contributed by atoms with Crippen LogP contribution in [0.25, 0.3) is 0 Å². The van der Waals surface area contributed by atoms with E-state index in [1.165, 1.54) is 23.1 Å². The second-order valence-corrected chi connectivity index (χ2v) is 7.72. The van der Waals surface area contributed by atoms with Gasteiger partial charge in [-0.05, 0) is 27.2 Å². The molecule has 1 atom stereocenters. The van der Waals surface area contributed by atoms with Gasteiger partial charge in [-0.25, -0.2) is 4.98 Å². The third-order valence-corrected chi connectivity index (χ3v) is 5.26. The number of rotatable bonds is 7. The molecule has 1 unspecified atom stereocenters. The summed E-state index contributed by atoms with van der Waals surface area (Å²) in [6.45, 7) is 7.50. The molecule has 0 aliphatic heterocycles. The number of thiazole rings is 1. The van der Waals surface area contributed by atoms with E-state index in [1.807, 2.05) is 13.8 Å². The van der Waals surface area contributed by atoms with Gasteiger partial charge in [0.2, 0.25) is 11.8 Å². The van der Waals surface area contributed by atoms with Gasteiger partial charge in [-0.3, -0.25) is 9.59 Å². The fourth-order valence-electron chi connectivity index (χ4n) is 1.89. The second kappa shape index (κ2) is 8.29. The molecule has 2 heterocycles. The summed E-state index contributed by atoms with van der Waals surface area (Å²) in [6.07, 6.45) is 0.839. The number of aryl methyl sites for hydroxylation is 3. The van der Waals surface area contributed by atoms with Crippen LogP contribution in [0.2, 0.25) is 0 Å². The van der Waals surface area contributed by atoms with Gasteiger partial charge in [0.15, 0.2) is 10.9 Å². The molecule has 2 aromatic heterocycles. The topological polar surface area (TPSA) is 97.1 Å². The standard InChI is InChI=1S/C15H20N4O3S2/c1-5-11-9(3)24-15(16-11)18-13(20)7-23-10(4)14(21)17-12-6-8(2)22-19-12/h6,10H,5,7H2,1-4H3,(H,16,18,20)(H,17,19,21). The molecule has 0 spiro atoms. The first-order chi connectivity index (χ1) is 11.4. The molecule has 24 heavy (non-hydrogen) atoms. The van der Waals surface area contributed by atoms with Crippen LogP contribution >= 0.6 is 23.1 Å². The van der Waals surface area contributed by atoms with Gasteiger partial charge in [-0.15, -0.1) is 23.1 Å². The number of nitrogens with zero attached hydrogens (tertiary/aromatic N) is 2. The van der Waals surface area contributed by atoms with Gasteiger partial charge in [0.1, 0.15) is 5.76 Å². The van der Waals surface area contributed by atoms with Crippen molar-refractivity contribution < 1.29 is 14.1 Å². The van der Waals surface area contributed by atoms with Gasteiger partial charge in [0.05, 0.1) is 16.7 Å². The zero-order valence-corrected chi connectivity index (χ0v) is 15.6. The third kappa shape index (κ3) is 5.07. The fourth-order valence-corrected chi connectivity index (χ4v) is 3.50. The van der Waals surface area contributed by atoms with Crippen molar-refractivity contribution in [3.05, 3.63) is 22.4 Å². The highest BCUT2D eigenvalue weighted by Crippen LogP contribution is 2.23. The van der Waals surface area contributed by atoms with Crippen LogP contribution in [0.3, 0.4) is 0 Å². The zero-order valence-electron chi connectivity index (χ0n) is 14.0. The Morgan fingerprint density at radius 3 is 2.71 bits per heavy atom. The lowest BCUT2D eigenvalue weighted by atomic mass is 10.3. The molecule has 0 saturated heterocycles. The predicted octanol–water partition coefficient (Wildman–Crippen LogP) is 3.01.